The Morgan fingerprint density at radius 1 is 1.24 bits per heavy atom. The number of rotatable bonds is 3. The van der Waals surface area contributed by atoms with Crippen LogP contribution in [0.3, 0.4) is 0 Å². The number of aromatic nitrogens is 1. The molecule has 10 heteroatoms. The van der Waals surface area contributed by atoms with Crippen LogP contribution < -0.4 is 0 Å². The summed E-state index contributed by atoms with van der Waals surface area (Å²) in [5.74, 6) is -1.62. The third-order valence-electron chi connectivity index (χ3n) is 4.87. The van der Waals surface area contributed by atoms with E-state index in [0.29, 0.717) is 16.3 Å². The van der Waals surface area contributed by atoms with Gasteiger partial charge in [0.2, 0.25) is 0 Å². The van der Waals surface area contributed by atoms with Crippen LogP contribution in [-0.4, -0.2) is 36.3 Å². The summed E-state index contributed by atoms with van der Waals surface area (Å²) < 4.78 is 30.9. The Hall–Kier alpha value is -1.64. The van der Waals surface area contributed by atoms with Gasteiger partial charge in [-0.25, -0.2) is 13.2 Å². The highest BCUT2D eigenvalue weighted by atomic mass is 35.5. The second-order valence-corrected chi connectivity index (χ2v) is 8.83. The fourth-order valence-corrected chi connectivity index (χ4v) is 6.25. The van der Waals surface area contributed by atoms with Crippen LogP contribution in [0.4, 0.5) is 0 Å². The molecule has 132 valence electrons. The van der Waals surface area contributed by atoms with E-state index >= 15 is 0 Å². The topological polar surface area (TPSA) is 93.6 Å². The molecule has 2 bridgehead atoms. The molecule has 0 radical (unpaired) electrons. The van der Waals surface area contributed by atoms with E-state index in [2.05, 4.69) is 4.98 Å². The number of carbonyl (C=O) groups excluding carboxylic acids is 2. The molecule has 0 spiro atoms. The van der Waals surface area contributed by atoms with Crippen molar-refractivity contribution in [2.24, 2.45) is 11.8 Å². The fraction of sp³-hybridized carbons (Fsp3) is 0.400. The van der Waals surface area contributed by atoms with Gasteiger partial charge in [-0.15, -0.1) is 0 Å². The number of pyridine rings is 1. The number of amides is 1. The molecule has 7 nitrogen and oxygen atoms in total. The van der Waals surface area contributed by atoms with Gasteiger partial charge >= 0.3 is 5.97 Å². The predicted octanol–water partition coefficient (Wildman–Crippen LogP) is 2.36. The molecule has 3 aliphatic rings. The van der Waals surface area contributed by atoms with Gasteiger partial charge in [-0.3, -0.25) is 9.78 Å². The largest absolute Gasteiger partial charge is 0.439 e. The van der Waals surface area contributed by atoms with Crippen molar-refractivity contribution < 1.29 is 22.7 Å². The normalized spacial score (nSPS) is 26.3. The van der Waals surface area contributed by atoms with E-state index in [9.17, 15) is 18.0 Å². The van der Waals surface area contributed by atoms with E-state index in [1.807, 2.05) is 0 Å². The Bertz CT molecular complexity index is 923. The van der Waals surface area contributed by atoms with E-state index in [1.165, 1.54) is 12.4 Å². The molecular formula is C15H12Cl2N2O5S. The molecule has 1 aliphatic heterocycles. The lowest BCUT2D eigenvalue weighted by molar-refractivity contribution is -0.125. The van der Waals surface area contributed by atoms with E-state index in [1.54, 1.807) is 0 Å². The lowest BCUT2D eigenvalue weighted by Gasteiger charge is -2.19. The van der Waals surface area contributed by atoms with Gasteiger partial charge in [0.1, 0.15) is 5.56 Å². The Kier molecular flexibility index (Phi) is 3.82. The summed E-state index contributed by atoms with van der Waals surface area (Å²) >= 11 is 11.7. The van der Waals surface area contributed by atoms with Crippen LogP contribution in [0.2, 0.25) is 10.0 Å². The van der Waals surface area contributed by atoms with Crippen LogP contribution in [0.5, 0.6) is 0 Å². The highest BCUT2D eigenvalue weighted by Crippen LogP contribution is 2.54. The number of esters is 1. The minimum Gasteiger partial charge on any atom is -0.439 e. The van der Waals surface area contributed by atoms with Crippen LogP contribution in [0.15, 0.2) is 22.9 Å². The van der Waals surface area contributed by atoms with Gasteiger partial charge in [0.15, 0.2) is 6.73 Å². The lowest BCUT2D eigenvalue weighted by atomic mass is 9.98. The third-order valence-corrected chi connectivity index (χ3v) is 7.41. The van der Waals surface area contributed by atoms with Gasteiger partial charge in [-0.2, -0.15) is 4.31 Å². The molecule has 2 atom stereocenters. The summed E-state index contributed by atoms with van der Waals surface area (Å²) in [5.41, 5.74) is 0.246. The van der Waals surface area contributed by atoms with Gasteiger partial charge in [-0.05, 0) is 31.1 Å². The van der Waals surface area contributed by atoms with Gasteiger partial charge in [0, 0.05) is 18.0 Å². The number of fused-ring (bicyclic) bond motifs is 4. The van der Waals surface area contributed by atoms with Crippen molar-refractivity contribution >= 4 is 45.1 Å². The van der Waals surface area contributed by atoms with Crippen molar-refractivity contribution in [3.63, 3.8) is 0 Å². The molecule has 4 rings (SSSR count). The maximum absolute atomic E-state index is 12.7. The van der Waals surface area contributed by atoms with Crippen LogP contribution in [-0.2, 0) is 19.6 Å². The van der Waals surface area contributed by atoms with Crippen molar-refractivity contribution in [3.8, 4) is 0 Å². The second-order valence-electron chi connectivity index (χ2n) is 6.18. The average Bonchev–Trinajstić information content (AvgIpc) is 3.19. The highest BCUT2D eigenvalue weighted by molar-refractivity contribution is 7.94. The lowest BCUT2D eigenvalue weighted by Crippen LogP contribution is -2.36. The molecule has 0 aromatic carbocycles. The molecule has 1 aromatic heterocycles. The summed E-state index contributed by atoms with van der Waals surface area (Å²) in [6.07, 6.45) is 4.74. The zero-order chi connectivity index (χ0) is 17.9. The molecule has 1 aromatic rings. The molecule has 1 amide bonds. The van der Waals surface area contributed by atoms with Gasteiger partial charge < -0.3 is 4.74 Å². The average molecular weight is 403 g/mol. The first kappa shape index (κ1) is 16.8. The number of halogens is 2. The number of carbonyl (C=O) groups is 2. The number of hydrogen-bond acceptors (Lipinski definition) is 6. The summed E-state index contributed by atoms with van der Waals surface area (Å²) in [6, 6.07) is 0. The smallest absolute Gasteiger partial charge is 0.343 e. The first-order valence-corrected chi connectivity index (χ1v) is 9.79. The molecule has 0 saturated heterocycles. The van der Waals surface area contributed by atoms with E-state index in [0.717, 1.165) is 12.8 Å². The predicted molar refractivity (Wildman–Crippen MR) is 88.2 cm³/mol. The second kappa shape index (κ2) is 5.69. The Labute approximate surface area is 153 Å². The van der Waals surface area contributed by atoms with Gasteiger partial charge in [-0.1, -0.05) is 23.2 Å². The van der Waals surface area contributed by atoms with Crippen LogP contribution in [0, 0.1) is 11.8 Å². The highest BCUT2D eigenvalue weighted by Gasteiger charge is 2.55. The zero-order valence-electron chi connectivity index (χ0n) is 12.7. The monoisotopic (exact) mass is 402 g/mol. The Balaban J connectivity index is 1.55. The fourth-order valence-electron chi connectivity index (χ4n) is 3.82. The molecule has 1 fully saturated rings. The van der Waals surface area contributed by atoms with Crippen molar-refractivity contribution in [1.29, 1.82) is 0 Å². The number of sulfonamides is 1. The first-order valence-electron chi connectivity index (χ1n) is 7.59. The van der Waals surface area contributed by atoms with Crippen molar-refractivity contribution in [2.45, 2.75) is 19.3 Å². The molecule has 2 unspecified atom stereocenters. The van der Waals surface area contributed by atoms with Crippen LogP contribution in [0.25, 0.3) is 0 Å². The minimum absolute atomic E-state index is 0.00735. The zero-order valence-corrected chi connectivity index (χ0v) is 15.1. The van der Waals surface area contributed by atoms with E-state index < -0.39 is 28.6 Å². The van der Waals surface area contributed by atoms with Gasteiger partial charge in [0.25, 0.3) is 15.9 Å². The Morgan fingerprint density at radius 3 is 2.52 bits per heavy atom. The minimum atomic E-state index is -3.93. The number of allylic oxidation sites excluding steroid dienone is 1. The summed E-state index contributed by atoms with van der Waals surface area (Å²) in [5, 5.41) is -0.0430. The van der Waals surface area contributed by atoms with Crippen LogP contribution >= 0.6 is 23.2 Å². The summed E-state index contributed by atoms with van der Waals surface area (Å²) in [4.78, 5) is 28.6. The van der Waals surface area contributed by atoms with E-state index in [-0.39, 0.29) is 32.3 Å². The van der Waals surface area contributed by atoms with E-state index in [4.69, 9.17) is 27.9 Å². The van der Waals surface area contributed by atoms with Crippen molar-refractivity contribution in [2.75, 3.05) is 6.73 Å². The standard InChI is InChI=1S/C15H12Cl2N2O5S/c16-9-4-18-5-10(17)12(9)15(21)24-6-19-14(20)11-7-1-2-8(3-7)13(11)25(19,22)23/h4-5,7-8H,1-3,6H2. The molecule has 2 heterocycles. The number of ether oxygens (including phenoxy) is 1. The molecule has 1 saturated carbocycles. The van der Waals surface area contributed by atoms with Gasteiger partial charge in [0.05, 0.1) is 15.0 Å². The van der Waals surface area contributed by atoms with Crippen molar-refractivity contribution in [3.05, 3.63) is 38.5 Å². The first-order chi connectivity index (χ1) is 11.8. The quantitative estimate of drug-likeness (QED) is 0.720. The summed E-state index contributed by atoms with van der Waals surface area (Å²) in [6.45, 7) is -0.707. The Morgan fingerprint density at radius 2 is 1.88 bits per heavy atom. The third kappa shape index (κ3) is 2.38. The molecule has 2 aliphatic carbocycles. The number of hydrogen-bond donors (Lipinski definition) is 0. The maximum atomic E-state index is 12.7. The SMILES string of the molecule is O=C(OCN1C(=O)C2=C(C3CCC2C3)S1(=O)=O)c1c(Cl)cncc1Cl. The molecule has 0 N–H and O–H groups in total. The molecular weight excluding hydrogens is 391 g/mol. The van der Waals surface area contributed by atoms with Crippen LogP contribution in [0.1, 0.15) is 29.6 Å². The number of nitrogens with zero attached hydrogens (tertiary/aromatic N) is 2. The molecule has 25 heavy (non-hydrogen) atoms. The van der Waals surface area contributed by atoms with Crippen molar-refractivity contribution in [1.82, 2.24) is 9.29 Å². The maximum Gasteiger partial charge on any atom is 0.343 e. The summed E-state index contributed by atoms with van der Waals surface area (Å²) in [7, 11) is -3.93.